The van der Waals surface area contributed by atoms with Crippen LogP contribution in [-0.4, -0.2) is 125 Å². The minimum atomic E-state index is -3.90. The van der Waals surface area contributed by atoms with Crippen LogP contribution in [0, 0.1) is 0 Å². The fourth-order valence-corrected chi connectivity index (χ4v) is 3.38. The molecule has 166 valence electrons. The molecule has 2 aliphatic heterocycles. The second-order valence-corrected chi connectivity index (χ2v) is 8.44. The molecule has 0 aromatic heterocycles. The van der Waals surface area contributed by atoms with Gasteiger partial charge in [0.05, 0.1) is 19.0 Å². The van der Waals surface area contributed by atoms with Crippen molar-refractivity contribution in [3.63, 3.8) is 0 Å². The van der Waals surface area contributed by atoms with Crippen molar-refractivity contribution >= 4 is 10.1 Å². The molecule has 0 unspecified atom stereocenters. The maximum Gasteiger partial charge on any atom is 0.267 e. The Bertz CT molecular complexity index is 614. The maximum absolute atomic E-state index is 11.5. The number of rotatable bonds is 8. The third kappa shape index (κ3) is 4.63. The Balaban J connectivity index is 2.16. The molecule has 28 heavy (non-hydrogen) atoms. The number of aliphatic hydroxyl groups is 7. The molecule has 0 bridgehead atoms. The lowest BCUT2D eigenvalue weighted by Gasteiger charge is -2.43. The zero-order valence-electron chi connectivity index (χ0n) is 14.9. The van der Waals surface area contributed by atoms with Crippen molar-refractivity contribution in [2.24, 2.45) is 0 Å². The van der Waals surface area contributed by atoms with E-state index in [0.717, 1.165) is 0 Å². The van der Waals surface area contributed by atoms with Crippen LogP contribution in [0.5, 0.6) is 0 Å². The summed E-state index contributed by atoms with van der Waals surface area (Å²) in [5.74, 6) is -2.67. The van der Waals surface area contributed by atoms with Gasteiger partial charge in [0.1, 0.15) is 49.3 Å². The van der Waals surface area contributed by atoms with Crippen molar-refractivity contribution < 1.29 is 62.6 Å². The second kappa shape index (κ2) is 9.11. The summed E-state index contributed by atoms with van der Waals surface area (Å²) < 4.78 is 43.3. The standard InChI is InChI=1S/C14H26O13S/c1-2-28(22,23)24-4-7-8(17)10(19)11(20)13(25-7)27-14(5-16)12(21)9(18)6(3-15)26-14/h6-13,15-21H,2-5H2,1H3/t6-,7-,8-,9-,10+,11-,12+,13-,14+/m1/s1. The maximum atomic E-state index is 11.5. The minimum absolute atomic E-state index is 0.352. The number of ether oxygens (including phenoxy) is 3. The van der Waals surface area contributed by atoms with Crippen LogP contribution in [0.15, 0.2) is 0 Å². The Morgan fingerprint density at radius 3 is 2.11 bits per heavy atom. The van der Waals surface area contributed by atoms with Crippen LogP contribution in [0.3, 0.4) is 0 Å². The largest absolute Gasteiger partial charge is 0.394 e. The Hall–Kier alpha value is -0.490. The molecule has 0 amide bonds. The van der Waals surface area contributed by atoms with E-state index in [1.807, 2.05) is 0 Å². The van der Waals surface area contributed by atoms with Crippen LogP contribution in [0.2, 0.25) is 0 Å². The fourth-order valence-electron chi connectivity index (χ4n) is 2.87. The Labute approximate surface area is 160 Å². The molecule has 2 heterocycles. The van der Waals surface area contributed by atoms with Gasteiger partial charge in [-0.05, 0) is 6.92 Å². The summed E-state index contributed by atoms with van der Waals surface area (Å²) >= 11 is 0. The molecule has 0 aliphatic carbocycles. The van der Waals surface area contributed by atoms with Crippen LogP contribution < -0.4 is 0 Å². The van der Waals surface area contributed by atoms with Gasteiger partial charge in [0.2, 0.25) is 5.79 Å². The highest BCUT2D eigenvalue weighted by atomic mass is 32.2. The van der Waals surface area contributed by atoms with E-state index in [-0.39, 0.29) is 5.75 Å². The average molecular weight is 434 g/mol. The van der Waals surface area contributed by atoms with E-state index in [9.17, 15) is 39.1 Å². The smallest absolute Gasteiger partial charge is 0.267 e. The van der Waals surface area contributed by atoms with Gasteiger partial charge in [0, 0.05) is 0 Å². The first-order chi connectivity index (χ1) is 13.0. The van der Waals surface area contributed by atoms with Gasteiger partial charge in [0.25, 0.3) is 10.1 Å². The molecule has 2 saturated heterocycles. The first kappa shape index (κ1) is 23.8. The van der Waals surface area contributed by atoms with Gasteiger partial charge >= 0.3 is 0 Å². The highest BCUT2D eigenvalue weighted by Gasteiger charge is 2.58. The van der Waals surface area contributed by atoms with Crippen molar-refractivity contribution in [2.75, 3.05) is 25.6 Å². The van der Waals surface area contributed by atoms with Crippen molar-refractivity contribution in [1.82, 2.24) is 0 Å². The predicted octanol–water partition coefficient (Wildman–Crippen LogP) is -5.02. The van der Waals surface area contributed by atoms with E-state index in [1.165, 1.54) is 6.92 Å². The van der Waals surface area contributed by atoms with E-state index in [1.54, 1.807) is 0 Å². The van der Waals surface area contributed by atoms with Crippen LogP contribution in [0.4, 0.5) is 0 Å². The lowest BCUT2D eigenvalue weighted by molar-refractivity contribution is -0.383. The molecule has 2 aliphatic rings. The summed E-state index contributed by atoms with van der Waals surface area (Å²) in [5.41, 5.74) is 0. The number of aliphatic hydroxyl groups excluding tert-OH is 7. The normalized spacial score (nSPS) is 44.7. The number of hydrogen-bond acceptors (Lipinski definition) is 13. The lowest BCUT2D eigenvalue weighted by Crippen LogP contribution is -2.62. The van der Waals surface area contributed by atoms with Crippen molar-refractivity contribution in [3.05, 3.63) is 0 Å². The summed E-state index contributed by atoms with van der Waals surface area (Å²) in [7, 11) is -3.90. The first-order valence-corrected chi connectivity index (χ1v) is 10.1. The van der Waals surface area contributed by atoms with Gasteiger partial charge in [-0.3, -0.25) is 4.18 Å². The molecule has 0 aromatic rings. The van der Waals surface area contributed by atoms with Crippen molar-refractivity contribution in [3.8, 4) is 0 Å². The molecule has 0 radical (unpaired) electrons. The van der Waals surface area contributed by atoms with E-state index >= 15 is 0 Å². The SMILES string of the molecule is CCS(=O)(=O)OC[C@H]1O[C@H](O[C@]2(CO)O[C@H](CO)[C@@H](O)[C@@H]2O)[C@H](O)[C@@H](O)[C@@H]1O. The zero-order valence-corrected chi connectivity index (χ0v) is 15.8. The van der Waals surface area contributed by atoms with Gasteiger partial charge in [-0.25, -0.2) is 0 Å². The average Bonchev–Trinajstić information content (AvgIpc) is 2.92. The predicted molar refractivity (Wildman–Crippen MR) is 87.0 cm³/mol. The summed E-state index contributed by atoms with van der Waals surface area (Å²) in [6, 6.07) is 0. The summed E-state index contributed by atoms with van der Waals surface area (Å²) in [4.78, 5) is 0. The van der Waals surface area contributed by atoms with E-state index < -0.39 is 84.7 Å². The first-order valence-electron chi connectivity index (χ1n) is 8.52. The van der Waals surface area contributed by atoms with Crippen LogP contribution in [0.25, 0.3) is 0 Å². The fraction of sp³-hybridized carbons (Fsp3) is 1.00. The Morgan fingerprint density at radius 2 is 1.61 bits per heavy atom. The summed E-state index contributed by atoms with van der Waals surface area (Å²) in [6.07, 6.45) is -13.6. The molecule has 0 saturated carbocycles. The molecule has 2 rings (SSSR count). The van der Waals surface area contributed by atoms with Crippen LogP contribution in [-0.2, 0) is 28.5 Å². The highest BCUT2D eigenvalue weighted by Crippen LogP contribution is 2.36. The molecule has 7 N–H and O–H groups in total. The summed E-state index contributed by atoms with van der Waals surface area (Å²) in [6.45, 7) is -1.13. The lowest BCUT2D eigenvalue weighted by atomic mass is 9.99. The number of hydrogen-bond donors (Lipinski definition) is 7. The van der Waals surface area contributed by atoms with Gasteiger partial charge in [-0.2, -0.15) is 8.42 Å². The van der Waals surface area contributed by atoms with Gasteiger partial charge in [-0.15, -0.1) is 0 Å². The van der Waals surface area contributed by atoms with Gasteiger partial charge in [0.15, 0.2) is 6.29 Å². The molecule has 13 nitrogen and oxygen atoms in total. The molecular weight excluding hydrogens is 408 g/mol. The van der Waals surface area contributed by atoms with Crippen LogP contribution >= 0.6 is 0 Å². The van der Waals surface area contributed by atoms with E-state index in [4.69, 9.17) is 19.3 Å². The Morgan fingerprint density at radius 1 is 0.964 bits per heavy atom. The molecular formula is C14H26O13S. The van der Waals surface area contributed by atoms with Crippen molar-refractivity contribution in [2.45, 2.75) is 61.7 Å². The Kier molecular flexibility index (Phi) is 7.74. The minimum Gasteiger partial charge on any atom is -0.394 e. The van der Waals surface area contributed by atoms with E-state index in [0.29, 0.717) is 0 Å². The topological polar surface area (TPSA) is 213 Å². The monoisotopic (exact) mass is 434 g/mol. The van der Waals surface area contributed by atoms with Crippen molar-refractivity contribution in [1.29, 1.82) is 0 Å². The third-order valence-corrected chi connectivity index (χ3v) is 5.86. The third-order valence-electron chi connectivity index (χ3n) is 4.66. The summed E-state index contributed by atoms with van der Waals surface area (Å²) in [5, 5.41) is 68.8. The quantitative estimate of drug-likeness (QED) is 0.178. The van der Waals surface area contributed by atoms with E-state index in [2.05, 4.69) is 4.18 Å². The zero-order chi connectivity index (χ0) is 21.3. The highest BCUT2D eigenvalue weighted by molar-refractivity contribution is 7.86. The molecule has 0 spiro atoms. The molecule has 14 heteroatoms. The van der Waals surface area contributed by atoms with Crippen LogP contribution in [0.1, 0.15) is 6.92 Å². The molecule has 0 aromatic carbocycles. The van der Waals surface area contributed by atoms with Gasteiger partial charge in [-0.1, -0.05) is 0 Å². The van der Waals surface area contributed by atoms with Gasteiger partial charge < -0.3 is 50.0 Å². The second-order valence-electron chi connectivity index (χ2n) is 6.51. The molecule has 9 atom stereocenters. The molecule has 2 fully saturated rings.